The summed E-state index contributed by atoms with van der Waals surface area (Å²) in [6, 6.07) is 4.48. The molecule has 7 nitrogen and oxygen atoms in total. The lowest BCUT2D eigenvalue weighted by atomic mass is 10.1. The summed E-state index contributed by atoms with van der Waals surface area (Å²) in [5.41, 5.74) is 7.05. The number of hydrogen-bond donors (Lipinski definition) is 3. The van der Waals surface area contributed by atoms with Crippen molar-refractivity contribution in [3.05, 3.63) is 18.2 Å². The van der Waals surface area contributed by atoms with Crippen LogP contribution in [0.2, 0.25) is 0 Å². The van der Waals surface area contributed by atoms with E-state index in [0.717, 1.165) is 6.54 Å². The van der Waals surface area contributed by atoms with Crippen LogP contribution in [0.3, 0.4) is 0 Å². The molecule has 5 N–H and O–H groups in total. The topological polar surface area (TPSA) is 113 Å². The fraction of sp³-hybridized carbons (Fsp3) is 0.538. The molecule has 8 heteroatoms. The number of β-amino-alcohol motifs (C(OH)–C–C–N with tert-alkyl or cyclic N) is 1. The lowest BCUT2D eigenvalue weighted by Crippen LogP contribution is -2.38. The van der Waals surface area contributed by atoms with Gasteiger partial charge in [0, 0.05) is 19.1 Å². The first-order chi connectivity index (χ1) is 9.68. The van der Waals surface area contributed by atoms with Crippen molar-refractivity contribution in [1.82, 2.24) is 4.90 Å². The molecule has 118 valence electrons. The van der Waals surface area contributed by atoms with E-state index in [4.69, 9.17) is 10.9 Å². The number of hydrogen-bond acceptors (Lipinski definition) is 6. The fourth-order valence-electron chi connectivity index (χ4n) is 2.73. The van der Waals surface area contributed by atoms with Crippen molar-refractivity contribution in [3.8, 4) is 0 Å². The van der Waals surface area contributed by atoms with Gasteiger partial charge in [0.1, 0.15) is 0 Å². The zero-order chi connectivity index (χ0) is 15.8. The van der Waals surface area contributed by atoms with E-state index >= 15 is 0 Å². The van der Waals surface area contributed by atoms with Gasteiger partial charge in [0.2, 0.25) is 10.0 Å². The second-order valence-electron chi connectivity index (χ2n) is 5.72. The van der Waals surface area contributed by atoms with Gasteiger partial charge in [-0.2, -0.15) is 0 Å². The average molecular weight is 314 g/mol. The molecular formula is C13H22N4O3S. The average Bonchev–Trinajstić information content (AvgIpc) is 2.68. The van der Waals surface area contributed by atoms with Crippen molar-refractivity contribution in [3.63, 3.8) is 0 Å². The van der Waals surface area contributed by atoms with E-state index in [1.165, 1.54) is 18.2 Å². The number of primary sulfonamides is 1. The Morgan fingerprint density at radius 3 is 2.67 bits per heavy atom. The smallest absolute Gasteiger partial charge is 0.238 e. The highest BCUT2D eigenvalue weighted by Gasteiger charge is 2.32. The van der Waals surface area contributed by atoms with Crippen molar-refractivity contribution >= 4 is 21.4 Å². The zero-order valence-corrected chi connectivity index (χ0v) is 13.0. The third-order valence-electron chi connectivity index (χ3n) is 3.61. The molecule has 0 aliphatic carbocycles. The molecule has 2 rings (SSSR count). The van der Waals surface area contributed by atoms with Gasteiger partial charge in [0.15, 0.2) is 0 Å². The number of nitrogens with two attached hydrogens (primary N) is 2. The van der Waals surface area contributed by atoms with Gasteiger partial charge in [0.25, 0.3) is 0 Å². The summed E-state index contributed by atoms with van der Waals surface area (Å²) in [5, 5.41) is 15.1. The SMILES string of the molecule is CN(C)CC1CC(O)CN1c1cc(S(N)(=O)=O)ccc1N. The van der Waals surface area contributed by atoms with Crippen molar-refractivity contribution < 1.29 is 13.5 Å². The summed E-state index contributed by atoms with van der Waals surface area (Å²) in [6.45, 7) is 1.17. The third kappa shape index (κ3) is 3.65. The predicted molar refractivity (Wildman–Crippen MR) is 82.5 cm³/mol. The lowest BCUT2D eigenvalue weighted by Gasteiger charge is -2.30. The number of nitrogen functional groups attached to an aromatic ring is 1. The van der Waals surface area contributed by atoms with Crippen molar-refractivity contribution in [1.29, 1.82) is 0 Å². The Bertz CT molecular complexity index is 618. The number of nitrogens with zero attached hydrogens (tertiary/aromatic N) is 2. The van der Waals surface area contributed by atoms with Gasteiger partial charge in [-0.25, -0.2) is 13.6 Å². The maximum Gasteiger partial charge on any atom is 0.238 e. The second-order valence-corrected chi connectivity index (χ2v) is 7.29. The van der Waals surface area contributed by atoms with Gasteiger partial charge in [-0.1, -0.05) is 0 Å². The molecule has 1 aromatic rings. The second kappa shape index (κ2) is 5.80. The summed E-state index contributed by atoms with van der Waals surface area (Å²) in [7, 11) is 0.122. The highest BCUT2D eigenvalue weighted by Crippen LogP contribution is 2.32. The first-order valence-electron chi connectivity index (χ1n) is 6.70. The summed E-state index contributed by atoms with van der Waals surface area (Å²) in [5.74, 6) is 0. The standard InChI is InChI=1S/C13H22N4O3S/c1-16(2)7-9-5-10(18)8-17(9)13-6-11(21(15,19)20)3-4-12(13)14/h3-4,6,9-10,18H,5,7-8,14H2,1-2H3,(H2,15,19,20). The van der Waals surface area contributed by atoms with E-state index in [9.17, 15) is 13.5 Å². The van der Waals surface area contributed by atoms with Crippen LogP contribution in [0.15, 0.2) is 23.1 Å². The molecular weight excluding hydrogens is 292 g/mol. The molecule has 1 saturated heterocycles. The molecule has 1 heterocycles. The molecule has 1 aliphatic rings. The quantitative estimate of drug-likeness (QED) is 0.641. The Hall–Kier alpha value is -1.35. The molecule has 1 fully saturated rings. The van der Waals surface area contributed by atoms with Gasteiger partial charge >= 0.3 is 0 Å². The number of anilines is 2. The van der Waals surface area contributed by atoms with Crippen LogP contribution in [-0.2, 0) is 10.0 Å². The third-order valence-corrected chi connectivity index (χ3v) is 4.52. The van der Waals surface area contributed by atoms with Crippen molar-refractivity contribution in [2.24, 2.45) is 5.14 Å². The number of benzene rings is 1. The Kier molecular flexibility index (Phi) is 4.43. The Labute approximate surface area is 125 Å². The van der Waals surface area contributed by atoms with Crippen LogP contribution in [0.25, 0.3) is 0 Å². The number of sulfonamides is 1. The first kappa shape index (κ1) is 16.0. The summed E-state index contributed by atoms with van der Waals surface area (Å²) < 4.78 is 23.0. The molecule has 2 unspecified atom stereocenters. The molecule has 21 heavy (non-hydrogen) atoms. The maximum atomic E-state index is 11.5. The molecule has 0 spiro atoms. The van der Waals surface area contributed by atoms with Crippen LogP contribution in [0.4, 0.5) is 11.4 Å². The Morgan fingerprint density at radius 1 is 1.43 bits per heavy atom. The van der Waals surface area contributed by atoms with Crippen LogP contribution >= 0.6 is 0 Å². The summed E-state index contributed by atoms with van der Waals surface area (Å²) in [4.78, 5) is 4.00. The normalized spacial score (nSPS) is 23.0. The van der Waals surface area contributed by atoms with Gasteiger partial charge in [0.05, 0.1) is 22.4 Å². The van der Waals surface area contributed by atoms with Crippen LogP contribution < -0.4 is 15.8 Å². The molecule has 0 bridgehead atoms. The van der Waals surface area contributed by atoms with E-state index in [1.807, 2.05) is 23.9 Å². The largest absolute Gasteiger partial charge is 0.397 e. The van der Waals surface area contributed by atoms with Gasteiger partial charge in [-0.05, 0) is 38.7 Å². The van der Waals surface area contributed by atoms with E-state index < -0.39 is 16.1 Å². The van der Waals surface area contributed by atoms with E-state index in [-0.39, 0.29) is 10.9 Å². The number of aliphatic hydroxyl groups excluding tert-OH is 1. The molecule has 0 amide bonds. The highest BCUT2D eigenvalue weighted by atomic mass is 32.2. The van der Waals surface area contributed by atoms with Crippen LogP contribution in [0, 0.1) is 0 Å². The molecule has 1 aromatic carbocycles. The number of aliphatic hydroxyl groups is 1. The van der Waals surface area contributed by atoms with Crippen LogP contribution in [0.5, 0.6) is 0 Å². The lowest BCUT2D eigenvalue weighted by molar-refractivity contribution is 0.191. The van der Waals surface area contributed by atoms with E-state index in [1.54, 1.807) is 0 Å². The molecule has 2 atom stereocenters. The Morgan fingerprint density at radius 2 is 2.10 bits per heavy atom. The molecule has 0 radical (unpaired) electrons. The monoisotopic (exact) mass is 314 g/mol. The number of rotatable bonds is 4. The molecule has 0 aromatic heterocycles. The highest BCUT2D eigenvalue weighted by molar-refractivity contribution is 7.89. The zero-order valence-electron chi connectivity index (χ0n) is 12.2. The maximum absolute atomic E-state index is 11.5. The Balaban J connectivity index is 2.39. The van der Waals surface area contributed by atoms with Crippen molar-refractivity contribution in [2.75, 3.05) is 37.8 Å². The molecule has 0 saturated carbocycles. The van der Waals surface area contributed by atoms with E-state index in [2.05, 4.69) is 0 Å². The minimum absolute atomic E-state index is 0.0247. The van der Waals surface area contributed by atoms with Crippen molar-refractivity contribution in [2.45, 2.75) is 23.5 Å². The van der Waals surface area contributed by atoms with Gasteiger partial charge in [-0.3, -0.25) is 0 Å². The van der Waals surface area contributed by atoms with Gasteiger partial charge < -0.3 is 20.6 Å². The summed E-state index contributed by atoms with van der Waals surface area (Å²) in [6.07, 6.45) is 0.171. The van der Waals surface area contributed by atoms with Crippen LogP contribution in [0.1, 0.15) is 6.42 Å². The predicted octanol–water partition coefficient (Wildman–Crippen LogP) is -0.583. The minimum Gasteiger partial charge on any atom is -0.397 e. The van der Waals surface area contributed by atoms with Gasteiger partial charge in [-0.15, -0.1) is 0 Å². The summed E-state index contributed by atoms with van der Waals surface area (Å²) >= 11 is 0. The molecule has 1 aliphatic heterocycles. The number of likely N-dealkylation sites (N-methyl/N-ethyl adjacent to an activating group) is 1. The first-order valence-corrected chi connectivity index (χ1v) is 8.25. The van der Waals surface area contributed by atoms with E-state index in [0.29, 0.717) is 24.3 Å². The minimum atomic E-state index is -3.78. The van der Waals surface area contributed by atoms with Crippen LogP contribution in [-0.4, -0.2) is 57.8 Å². The fourth-order valence-corrected chi connectivity index (χ4v) is 3.26.